The van der Waals surface area contributed by atoms with Crippen molar-refractivity contribution in [1.29, 1.82) is 0 Å². The third-order valence-corrected chi connectivity index (χ3v) is 5.73. The van der Waals surface area contributed by atoms with Crippen molar-refractivity contribution in [2.45, 2.75) is 24.5 Å². The summed E-state index contributed by atoms with van der Waals surface area (Å²) < 4.78 is 5.69. The van der Waals surface area contributed by atoms with Crippen LogP contribution < -0.4 is 5.73 Å². The molecule has 138 valence electrons. The van der Waals surface area contributed by atoms with Gasteiger partial charge in [-0.05, 0) is 24.1 Å². The summed E-state index contributed by atoms with van der Waals surface area (Å²) in [4.78, 5) is 5.24. The van der Waals surface area contributed by atoms with Crippen molar-refractivity contribution in [3.05, 3.63) is 71.8 Å². The molecule has 2 N–H and O–H groups in total. The first-order valence-corrected chi connectivity index (χ1v) is 9.74. The molecule has 1 atom stereocenters. The first-order chi connectivity index (χ1) is 12.9. The van der Waals surface area contributed by atoms with Crippen molar-refractivity contribution in [2.75, 3.05) is 39.4 Å². The van der Waals surface area contributed by atoms with Gasteiger partial charge in [-0.1, -0.05) is 60.7 Å². The van der Waals surface area contributed by atoms with Crippen molar-refractivity contribution in [3.8, 4) is 0 Å². The Kier molecular flexibility index (Phi) is 5.65. The number of rotatable bonds is 6. The molecule has 0 aromatic heterocycles. The zero-order valence-corrected chi connectivity index (χ0v) is 15.3. The molecule has 26 heavy (non-hydrogen) atoms. The van der Waals surface area contributed by atoms with Crippen LogP contribution in [0, 0.1) is 0 Å². The molecule has 2 aromatic rings. The molecule has 4 rings (SSSR count). The lowest BCUT2D eigenvalue weighted by molar-refractivity contribution is -0.0760. The molecule has 2 aromatic carbocycles. The van der Waals surface area contributed by atoms with Crippen molar-refractivity contribution in [3.63, 3.8) is 0 Å². The average Bonchev–Trinajstić information content (AvgIpc) is 2.67. The van der Waals surface area contributed by atoms with Crippen LogP contribution in [0.4, 0.5) is 0 Å². The Morgan fingerprint density at radius 2 is 1.58 bits per heavy atom. The van der Waals surface area contributed by atoms with Gasteiger partial charge in [0.15, 0.2) is 0 Å². The molecule has 0 saturated carbocycles. The van der Waals surface area contributed by atoms with Crippen LogP contribution in [-0.2, 0) is 4.74 Å². The predicted octanol–water partition coefficient (Wildman–Crippen LogP) is 2.51. The molecule has 0 unspecified atom stereocenters. The molecule has 0 spiro atoms. The van der Waals surface area contributed by atoms with Crippen LogP contribution >= 0.6 is 0 Å². The second kappa shape index (κ2) is 8.31. The van der Waals surface area contributed by atoms with Crippen LogP contribution in [0.15, 0.2) is 60.7 Å². The molecule has 2 fully saturated rings. The molecule has 2 saturated heterocycles. The zero-order chi connectivity index (χ0) is 17.8. The second-order valence-electron chi connectivity index (χ2n) is 7.38. The van der Waals surface area contributed by atoms with Gasteiger partial charge in [-0.25, -0.2) is 0 Å². The first-order valence-electron chi connectivity index (χ1n) is 9.74. The fourth-order valence-electron chi connectivity index (χ4n) is 4.38. The van der Waals surface area contributed by atoms with E-state index in [1.807, 2.05) is 0 Å². The molecule has 0 aliphatic carbocycles. The Bertz CT molecular complexity index is 631. The molecule has 2 aliphatic rings. The molecule has 2 aliphatic heterocycles. The fraction of sp³-hybridized carbons (Fsp3) is 0.455. The molecule has 4 heteroatoms. The summed E-state index contributed by atoms with van der Waals surface area (Å²) >= 11 is 0. The van der Waals surface area contributed by atoms with E-state index in [0.717, 1.165) is 45.8 Å². The lowest BCUT2D eigenvalue weighted by Crippen LogP contribution is -2.64. The maximum atomic E-state index is 5.82. The minimum atomic E-state index is 0.336. The monoisotopic (exact) mass is 351 g/mol. The van der Waals surface area contributed by atoms with E-state index in [9.17, 15) is 0 Å². The lowest BCUT2D eigenvalue weighted by atomic mass is 9.92. The zero-order valence-electron chi connectivity index (χ0n) is 15.3. The largest absolute Gasteiger partial charge is 0.378 e. The molecular formula is C22H29N3O. The summed E-state index contributed by atoms with van der Waals surface area (Å²) in [6.07, 6.45) is 1.03. The smallest absolute Gasteiger partial charge is 0.0623 e. The van der Waals surface area contributed by atoms with Gasteiger partial charge in [0.1, 0.15) is 0 Å². The van der Waals surface area contributed by atoms with Gasteiger partial charge in [-0.2, -0.15) is 0 Å². The van der Waals surface area contributed by atoms with E-state index >= 15 is 0 Å². The molecule has 2 heterocycles. The van der Waals surface area contributed by atoms with Crippen LogP contribution in [0.3, 0.4) is 0 Å². The van der Waals surface area contributed by atoms with Crippen LogP contribution in [0.25, 0.3) is 0 Å². The predicted molar refractivity (Wildman–Crippen MR) is 105 cm³/mol. The van der Waals surface area contributed by atoms with Crippen LogP contribution in [0.1, 0.15) is 23.6 Å². The van der Waals surface area contributed by atoms with E-state index < -0.39 is 0 Å². The highest BCUT2D eigenvalue weighted by Gasteiger charge is 2.40. The van der Waals surface area contributed by atoms with Gasteiger partial charge in [0.25, 0.3) is 0 Å². The number of morpholine rings is 1. The maximum absolute atomic E-state index is 5.82. The average molecular weight is 351 g/mol. The Morgan fingerprint density at radius 1 is 0.962 bits per heavy atom. The summed E-state index contributed by atoms with van der Waals surface area (Å²) in [5.41, 5.74) is 8.56. The van der Waals surface area contributed by atoms with Gasteiger partial charge >= 0.3 is 0 Å². The molecule has 4 nitrogen and oxygen atoms in total. The van der Waals surface area contributed by atoms with Gasteiger partial charge in [-0.3, -0.25) is 9.80 Å². The van der Waals surface area contributed by atoms with E-state index in [1.165, 1.54) is 11.1 Å². The molecule has 0 bridgehead atoms. The van der Waals surface area contributed by atoms with Gasteiger partial charge < -0.3 is 10.5 Å². The van der Waals surface area contributed by atoms with Gasteiger partial charge in [0, 0.05) is 31.7 Å². The number of ether oxygens (including phenoxy) is 1. The number of nitrogens with zero attached hydrogens (tertiary/aromatic N) is 2. The Hall–Kier alpha value is -1.72. The number of likely N-dealkylation sites (tertiary alicyclic amines) is 1. The van der Waals surface area contributed by atoms with E-state index in [2.05, 4.69) is 70.5 Å². The van der Waals surface area contributed by atoms with Crippen molar-refractivity contribution >= 4 is 0 Å². The highest BCUT2D eigenvalue weighted by molar-refractivity contribution is 5.32. The second-order valence-corrected chi connectivity index (χ2v) is 7.38. The van der Waals surface area contributed by atoms with Crippen molar-refractivity contribution in [2.24, 2.45) is 5.73 Å². The summed E-state index contributed by atoms with van der Waals surface area (Å²) in [6, 6.07) is 23.2. The number of nitrogens with two attached hydrogens (primary N) is 1. The highest BCUT2D eigenvalue weighted by Crippen LogP contribution is 2.34. The Morgan fingerprint density at radius 3 is 2.15 bits per heavy atom. The van der Waals surface area contributed by atoms with Crippen molar-refractivity contribution in [1.82, 2.24) is 9.80 Å². The molecule has 0 radical (unpaired) electrons. The van der Waals surface area contributed by atoms with E-state index in [4.69, 9.17) is 10.5 Å². The third kappa shape index (κ3) is 3.69. The quantitative estimate of drug-likeness (QED) is 0.868. The van der Waals surface area contributed by atoms with E-state index in [-0.39, 0.29) is 0 Å². The van der Waals surface area contributed by atoms with Crippen molar-refractivity contribution < 1.29 is 4.74 Å². The van der Waals surface area contributed by atoms with Crippen LogP contribution in [0.2, 0.25) is 0 Å². The van der Waals surface area contributed by atoms with Gasteiger partial charge in [-0.15, -0.1) is 0 Å². The van der Waals surface area contributed by atoms with E-state index in [1.54, 1.807) is 0 Å². The minimum absolute atomic E-state index is 0.336. The molecular weight excluding hydrogens is 322 g/mol. The summed E-state index contributed by atoms with van der Waals surface area (Å²) in [5, 5.41) is 0. The van der Waals surface area contributed by atoms with Crippen LogP contribution in [-0.4, -0.2) is 61.3 Å². The standard InChI is InChI=1S/C22H29N3O/c23-12-11-20-17-26-14-13-25(20)21-15-24(16-21)22(18-7-3-1-4-8-18)19-9-5-2-6-10-19/h1-10,20-22H,11-17,23H2/t20-/m1/s1. The number of hydrogen-bond donors (Lipinski definition) is 1. The Balaban J connectivity index is 1.49. The maximum Gasteiger partial charge on any atom is 0.0623 e. The van der Waals surface area contributed by atoms with Gasteiger partial charge in [0.05, 0.1) is 19.3 Å². The normalized spacial score (nSPS) is 22.5. The highest BCUT2D eigenvalue weighted by atomic mass is 16.5. The number of hydrogen-bond acceptors (Lipinski definition) is 4. The first kappa shape index (κ1) is 17.7. The van der Waals surface area contributed by atoms with Gasteiger partial charge in [0.2, 0.25) is 0 Å². The SMILES string of the molecule is NCC[C@@H]1COCCN1C1CN(C(c2ccccc2)c2ccccc2)C1. The topological polar surface area (TPSA) is 41.7 Å². The molecule has 0 amide bonds. The van der Waals surface area contributed by atoms with Crippen LogP contribution in [0.5, 0.6) is 0 Å². The minimum Gasteiger partial charge on any atom is -0.378 e. The third-order valence-electron chi connectivity index (χ3n) is 5.73. The summed E-state index contributed by atoms with van der Waals surface area (Å²) in [7, 11) is 0. The summed E-state index contributed by atoms with van der Waals surface area (Å²) in [6.45, 7) is 5.65. The summed E-state index contributed by atoms with van der Waals surface area (Å²) in [5.74, 6) is 0. The van der Waals surface area contributed by atoms with E-state index in [0.29, 0.717) is 18.1 Å². The number of benzene rings is 2. The fourth-order valence-corrected chi connectivity index (χ4v) is 4.38. The Labute approximate surface area is 156 Å². The lowest BCUT2D eigenvalue weighted by Gasteiger charge is -2.52.